The van der Waals surface area contributed by atoms with E-state index in [0.29, 0.717) is 5.56 Å². The number of likely N-dealkylation sites (tertiary alicyclic amines) is 1. The number of aryl methyl sites for hydroxylation is 1. The summed E-state index contributed by atoms with van der Waals surface area (Å²) in [6.45, 7) is 1.50. The number of aromatic nitrogens is 4. The second-order valence-electron chi connectivity index (χ2n) is 6.20. The van der Waals surface area contributed by atoms with Gasteiger partial charge in [-0.2, -0.15) is 5.10 Å². The van der Waals surface area contributed by atoms with Crippen molar-refractivity contribution in [3.8, 4) is 0 Å². The normalized spacial score (nSPS) is 17.9. The van der Waals surface area contributed by atoms with Gasteiger partial charge in [-0.05, 0) is 33.0 Å². The van der Waals surface area contributed by atoms with Crippen LogP contribution in [0.15, 0.2) is 24.7 Å². The summed E-state index contributed by atoms with van der Waals surface area (Å²) in [7, 11) is 5.83. The Labute approximate surface area is 135 Å². The minimum atomic E-state index is -0.0511. The van der Waals surface area contributed by atoms with Crippen LogP contribution in [-0.4, -0.2) is 56.1 Å². The van der Waals surface area contributed by atoms with Crippen LogP contribution >= 0.6 is 0 Å². The average Bonchev–Trinajstić information content (AvgIpc) is 3.15. The van der Waals surface area contributed by atoms with E-state index in [4.69, 9.17) is 0 Å². The minimum absolute atomic E-state index is 0.00205. The molecule has 1 aliphatic rings. The smallest absolute Gasteiger partial charge is 0.257 e. The lowest BCUT2D eigenvalue weighted by molar-refractivity contribution is 0.0729. The summed E-state index contributed by atoms with van der Waals surface area (Å²) >= 11 is 0. The molecule has 7 nitrogen and oxygen atoms in total. The van der Waals surface area contributed by atoms with Crippen LogP contribution in [0.1, 0.15) is 40.8 Å². The Morgan fingerprint density at radius 3 is 2.96 bits per heavy atom. The second kappa shape index (κ2) is 6.45. The molecule has 2 aromatic rings. The van der Waals surface area contributed by atoms with Crippen molar-refractivity contribution in [3.63, 3.8) is 0 Å². The monoisotopic (exact) mass is 314 g/mol. The molecular formula is C16H22N6O. The number of rotatable bonds is 4. The number of amides is 1. The fraction of sp³-hybridized carbons (Fsp3) is 0.500. The average molecular weight is 314 g/mol. The molecule has 0 aliphatic carbocycles. The standard InChI is InChI=1S/C16H22N6O/c1-20(2)11-13-6-7-17-15(19-13)14-5-4-8-22(14)16(23)12-9-18-21(3)10-12/h6-7,9-10,14H,4-5,8,11H2,1-3H3/t14-/m1/s1. The minimum Gasteiger partial charge on any atom is -0.328 e. The summed E-state index contributed by atoms with van der Waals surface area (Å²) in [4.78, 5) is 25.7. The lowest BCUT2D eigenvalue weighted by Crippen LogP contribution is -2.31. The molecule has 2 aromatic heterocycles. The van der Waals surface area contributed by atoms with Crippen LogP contribution in [0.4, 0.5) is 0 Å². The molecule has 3 heterocycles. The highest BCUT2D eigenvalue weighted by atomic mass is 16.2. The molecule has 23 heavy (non-hydrogen) atoms. The van der Waals surface area contributed by atoms with E-state index in [1.54, 1.807) is 23.3 Å². The van der Waals surface area contributed by atoms with E-state index in [0.717, 1.165) is 37.4 Å². The summed E-state index contributed by atoms with van der Waals surface area (Å²) in [6, 6.07) is 1.87. The zero-order chi connectivity index (χ0) is 16.4. The van der Waals surface area contributed by atoms with Crippen molar-refractivity contribution in [2.75, 3.05) is 20.6 Å². The van der Waals surface area contributed by atoms with Gasteiger partial charge in [0.05, 0.1) is 23.5 Å². The zero-order valence-corrected chi connectivity index (χ0v) is 13.8. The first kappa shape index (κ1) is 15.6. The fourth-order valence-corrected chi connectivity index (χ4v) is 2.96. The van der Waals surface area contributed by atoms with E-state index in [1.165, 1.54) is 0 Å². The van der Waals surface area contributed by atoms with Gasteiger partial charge in [0.15, 0.2) is 5.82 Å². The maximum absolute atomic E-state index is 12.7. The Morgan fingerprint density at radius 2 is 2.26 bits per heavy atom. The summed E-state index contributed by atoms with van der Waals surface area (Å²) in [5.41, 5.74) is 1.59. The zero-order valence-electron chi connectivity index (χ0n) is 13.8. The summed E-state index contributed by atoms with van der Waals surface area (Å²) in [6.07, 6.45) is 7.02. The molecule has 0 radical (unpaired) electrons. The molecule has 1 amide bonds. The quantitative estimate of drug-likeness (QED) is 0.849. The highest BCUT2D eigenvalue weighted by molar-refractivity contribution is 5.94. The topological polar surface area (TPSA) is 67.2 Å². The maximum atomic E-state index is 12.7. The van der Waals surface area contributed by atoms with E-state index in [1.807, 2.05) is 32.1 Å². The Bertz CT molecular complexity index is 695. The highest BCUT2D eigenvalue weighted by Crippen LogP contribution is 2.31. The SMILES string of the molecule is CN(C)Cc1ccnc([C@H]2CCCN2C(=O)c2cnn(C)c2)n1. The van der Waals surface area contributed by atoms with Gasteiger partial charge in [0, 0.05) is 32.5 Å². The van der Waals surface area contributed by atoms with Crippen LogP contribution in [-0.2, 0) is 13.6 Å². The summed E-state index contributed by atoms with van der Waals surface area (Å²) in [5, 5.41) is 4.09. The van der Waals surface area contributed by atoms with Gasteiger partial charge in [-0.1, -0.05) is 0 Å². The Hall–Kier alpha value is -2.28. The van der Waals surface area contributed by atoms with Gasteiger partial charge in [-0.25, -0.2) is 9.97 Å². The lowest BCUT2D eigenvalue weighted by Gasteiger charge is -2.23. The molecule has 0 aromatic carbocycles. The van der Waals surface area contributed by atoms with Crippen molar-refractivity contribution in [1.82, 2.24) is 29.5 Å². The third-order valence-corrected chi connectivity index (χ3v) is 3.97. The van der Waals surface area contributed by atoms with Crippen molar-refractivity contribution >= 4 is 5.91 Å². The van der Waals surface area contributed by atoms with E-state index in [-0.39, 0.29) is 11.9 Å². The Morgan fingerprint density at radius 1 is 1.43 bits per heavy atom. The highest BCUT2D eigenvalue weighted by Gasteiger charge is 2.33. The second-order valence-corrected chi connectivity index (χ2v) is 6.20. The third kappa shape index (κ3) is 3.39. The van der Waals surface area contributed by atoms with Gasteiger partial charge in [0.25, 0.3) is 5.91 Å². The lowest BCUT2D eigenvalue weighted by atomic mass is 10.2. The van der Waals surface area contributed by atoms with Crippen LogP contribution in [0.2, 0.25) is 0 Å². The number of carbonyl (C=O) groups is 1. The largest absolute Gasteiger partial charge is 0.328 e. The van der Waals surface area contributed by atoms with E-state index >= 15 is 0 Å². The third-order valence-electron chi connectivity index (χ3n) is 3.97. The first-order chi connectivity index (χ1) is 11.0. The van der Waals surface area contributed by atoms with Gasteiger partial charge >= 0.3 is 0 Å². The number of hydrogen-bond acceptors (Lipinski definition) is 5. The first-order valence-corrected chi connectivity index (χ1v) is 7.81. The van der Waals surface area contributed by atoms with Crippen molar-refractivity contribution in [1.29, 1.82) is 0 Å². The molecule has 1 aliphatic heterocycles. The van der Waals surface area contributed by atoms with Crippen LogP contribution in [0.3, 0.4) is 0 Å². The molecule has 0 bridgehead atoms. The molecule has 7 heteroatoms. The Balaban J connectivity index is 1.82. The van der Waals surface area contributed by atoms with Crippen molar-refractivity contribution in [2.45, 2.75) is 25.4 Å². The molecule has 1 fully saturated rings. The molecule has 0 unspecified atom stereocenters. The molecule has 3 rings (SSSR count). The van der Waals surface area contributed by atoms with Crippen molar-refractivity contribution in [3.05, 3.63) is 41.7 Å². The van der Waals surface area contributed by atoms with Crippen molar-refractivity contribution in [2.24, 2.45) is 7.05 Å². The van der Waals surface area contributed by atoms with Crippen LogP contribution in [0.25, 0.3) is 0 Å². The Kier molecular flexibility index (Phi) is 4.38. The van der Waals surface area contributed by atoms with Crippen LogP contribution in [0, 0.1) is 0 Å². The maximum Gasteiger partial charge on any atom is 0.257 e. The molecule has 1 saturated heterocycles. The van der Waals surface area contributed by atoms with Gasteiger partial charge < -0.3 is 9.80 Å². The summed E-state index contributed by atoms with van der Waals surface area (Å²) < 4.78 is 1.65. The van der Waals surface area contributed by atoms with Gasteiger partial charge in [-0.3, -0.25) is 9.48 Å². The molecular weight excluding hydrogens is 292 g/mol. The fourth-order valence-electron chi connectivity index (χ4n) is 2.96. The van der Waals surface area contributed by atoms with E-state index in [2.05, 4.69) is 20.0 Å². The summed E-state index contributed by atoms with van der Waals surface area (Å²) in [5.74, 6) is 0.737. The molecule has 122 valence electrons. The first-order valence-electron chi connectivity index (χ1n) is 7.81. The molecule has 0 N–H and O–H groups in total. The van der Waals surface area contributed by atoms with E-state index in [9.17, 15) is 4.79 Å². The molecule has 1 atom stereocenters. The number of nitrogens with zero attached hydrogens (tertiary/aromatic N) is 6. The number of hydrogen-bond donors (Lipinski definition) is 0. The molecule has 0 saturated carbocycles. The predicted octanol–water partition coefficient (Wildman–Crippen LogP) is 1.25. The predicted molar refractivity (Wildman–Crippen MR) is 85.6 cm³/mol. The van der Waals surface area contributed by atoms with Crippen molar-refractivity contribution < 1.29 is 4.79 Å². The molecule has 0 spiro atoms. The number of carbonyl (C=O) groups excluding carboxylic acids is 1. The van der Waals surface area contributed by atoms with Crippen LogP contribution < -0.4 is 0 Å². The van der Waals surface area contributed by atoms with Gasteiger partial charge in [0.1, 0.15) is 0 Å². The van der Waals surface area contributed by atoms with Gasteiger partial charge in [0.2, 0.25) is 0 Å². The van der Waals surface area contributed by atoms with Crippen LogP contribution in [0.5, 0.6) is 0 Å². The van der Waals surface area contributed by atoms with E-state index < -0.39 is 0 Å². The van der Waals surface area contributed by atoms with Gasteiger partial charge in [-0.15, -0.1) is 0 Å².